The van der Waals surface area contributed by atoms with E-state index in [-0.39, 0.29) is 5.78 Å². The van der Waals surface area contributed by atoms with Gasteiger partial charge in [0.05, 0.1) is 15.7 Å². The molecule has 0 bridgehead atoms. The van der Waals surface area contributed by atoms with Crippen molar-refractivity contribution in [1.82, 2.24) is 4.98 Å². The highest BCUT2D eigenvalue weighted by Crippen LogP contribution is 2.09. The van der Waals surface area contributed by atoms with E-state index in [0.29, 0.717) is 10.6 Å². The molecule has 1 unspecified atom stereocenters. The molecule has 0 N–H and O–H groups in total. The molecule has 12 heavy (non-hydrogen) atoms. The smallest absolute Gasteiger partial charge is 0.179 e. The minimum absolute atomic E-state index is 0.152. The average Bonchev–Trinajstić information content (AvgIpc) is 2.04. The highest BCUT2D eigenvalue weighted by atomic mass is 32.2. The van der Waals surface area contributed by atoms with E-state index < -0.39 is 10.8 Å². The van der Waals surface area contributed by atoms with Gasteiger partial charge in [-0.2, -0.15) is 0 Å². The van der Waals surface area contributed by atoms with Crippen molar-refractivity contribution in [2.45, 2.75) is 11.8 Å². The second-order valence-corrected chi connectivity index (χ2v) is 3.71. The number of carbonyl (C=O) groups excluding carboxylic acids is 1. The zero-order chi connectivity index (χ0) is 9.14. The van der Waals surface area contributed by atoms with Crippen LogP contribution in [0.3, 0.4) is 0 Å². The minimum Gasteiger partial charge on any atom is -0.293 e. The van der Waals surface area contributed by atoms with Crippen molar-refractivity contribution in [3.8, 4) is 0 Å². The lowest BCUT2D eigenvalue weighted by Gasteiger charge is -2.00. The van der Waals surface area contributed by atoms with Gasteiger partial charge in [-0.25, -0.2) is 0 Å². The summed E-state index contributed by atoms with van der Waals surface area (Å²) in [4.78, 5) is 15.3. The Kier molecular flexibility index (Phi) is 2.70. The summed E-state index contributed by atoms with van der Waals surface area (Å²) in [5, 5.41) is 0. The molecule has 1 atom stereocenters. The zero-order valence-electron chi connectivity index (χ0n) is 6.90. The Balaban J connectivity index is 3.27. The van der Waals surface area contributed by atoms with Crippen LogP contribution < -0.4 is 0 Å². The highest BCUT2D eigenvalue weighted by Gasteiger charge is 2.09. The maximum Gasteiger partial charge on any atom is 0.179 e. The molecule has 64 valence electrons. The Bertz CT molecular complexity index is 303. The summed E-state index contributed by atoms with van der Waals surface area (Å²) in [7, 11) is -1.14. The minimum atomic E-state index is -1.14. The van der Waals surface area contributed by atoms with Crippen LogP contribution in [0.4, 0.5) is 0 Å². The van der Waals surface area contributed by atoms with Crippen LogP contribution in [-0.2, 0) is 10.8 Å². The maximum atomic E-state index is 11.1. The fourth-order valence-electron chi connectivity index (χ4n) is 0.887. The predicted molar refractivity (Wildman–Crippen MR) is 46.6 cm³/mol. The van der Waals surface area contributed by atoms with Gasteiger partial charge in [-0.1, -0.05) is 0 Å². The second-order valence-electron chi connectivity index (χ2n) is 2.36. The van der Waals surface area contributed by atoms with Crippen LogP contribution in [0.15, 0.2) is 23.2 Å². The van der Waals surface area contributed by atoms with Crippen LogP contribution in [0.1, 0.15) is 17.4 Å². The van der Waals surface area contributed by atoms with Gasteiger partial charge in [-0.3, -0.25) is 14.0 Å². The van der Waals surface area contributed by atoms with Crippen molar-refractivity contribution in [3.05, 3.63) is 24.0 Å². The second kappa shape index (κ2) is 3.58. The molecule has 4 heteroatoms. The molecule has 1 aromatic rings. The standard InChI is InChI=1S/C8H9NO2S/c1-6(10)8-7(12(2)11)4-3-5-9-8/h3-5H,1-2H3. The number of hydrogen-bond donors (Lipinski definition) is 0. The highest BCUT2D eigenvalue weighted by molar-refractivity contribution is 7.84. The number of rotatable bonds is 2. The molecule has 0 aromatic carbocycles. The molecule has 0 fully saturated rings. The first-order valence-electron chi connectivity index (χ1n) is 3.42. The van der Waals surface area contributed by atoms with Gasteiger partial charge in [0.25, 0.3) is 0 Å². The molecule has 3 nitrogen and oxygen atoms in total. The summed E-state index contributed by atoms with van der Waals surface area (Å²) in [6.45, 7) is 1.42. The molecular weight excluding hydrogens is 174 g/mol. The molecule has 0 aliphatic rings. The SMILES string of the molecule is CC(=O)c1ncccc1S(C)=O. The first kappa shape index (κ1) is 9.06. The van der Waals surface area contributed by atoms with Crippen LogP contribution in [-0.4, -0.2) is 21.2 Å². The van der Waals surface area contributed by atoms with E-state index in [1.54, 1.807) is 12.1 Å². The summed E-state index contributed by atoms with van der Waals surface area (Å²) < 4.78 is 11.1. The van der Waals surface area contributed by atoms with Gasteiger partial charge in [0.1, 0.15) is 5.69 Å². The molecule has 0 aliphatic carbocycles. The lowest BCUT2D eigenvalue weighted by molar-refractivity contribution is 0.101. The number of hydrogen-bond acceptors (Lipinski definition) is 3. The molecular formula is C8H9NO2S. The number of carbonyl (C=O) groups is 1. The van der Waals surface area contributed by atoms with E-state index >= 15 is 0 Å². The number of aromatic nitrogens is 1. The quantitative estimate of drug-likeness (QED) is 0.643. The maximum absolute atomic E-state index is 11.1. The third-order valence-corrected chi connectivity index (χ3v) is 2.36. The van der Waals surface area contributed by atoms with Crippen LogP contribution in [0.5, 0.6) is 0 Å². The first-order valence-corrected chi connectivity index (χ1v) is 4.98. The predicted octanol–water partition coefficient (Wildman–Crippen LogP) is 1.02. The molecule has 0 amide bonds. The molecule has 0 radical (unpaired) electrons. The van der Waals surface area contributed by atoms with Gasteiger partial charge in [-0.05, 0) is 12.1 Å². The Morgan fingerprint density at radius 1 is 1.58 bits per heavy atom. The molecule has 1 rings (SSSR count). The third-order valence-electron chi connectivity index (χ3n) is 1.41. The molecule has 0 spiro atoms. The Morgan fingerprint density at radius 3 is 2.67 bits per heavy atom. The van der Waals surface area contributed by atoms with E-state index in [1.165, 1.54) is 19.4 Å². The molecule has 0 aliphatic heterocycles. The van der Waals surface area contributed by atoms with Gasteiger partial charge in [0, 0.05) is 19.4 Å². The molecule has 1 aromatic heterocycles. The van der Waals surface area contributed by atoms with Crippen molar-refractivity contribution < 1.29 is 9.00 Å². The first-order chi connectivity index (χ1) is 5.63. The third kappa shape index (κ3) is 1.76. The van der Waals surface area contributed by atoms with Gasteiger partial charge in [-0.15, -0.1) is 0 Å². The van der Waals surface area contributed by atoms with Crippen LogP contribution in [0.25, 0.3) is 0 Å². The van der Waals surface area contributed by atoms with E-state index in [2.05, 4.69) is 4.98 Å². The van der Waals surface area contributed by atoms with E-state index in [4.69, 9.17) is 0 Å². The number of ketones is 1. The van der Waals surface area contributed by atoms with Gasteiger partial charge >= 0.3 is 0 Å². The van der Waals surface area contributed by atoms with Crippen molar-refractivity contribution in [3.63, 3.8) is 0 Å². The van der Waals surface area contributed by atoms with Gasteiger partial charge in [0.2, 0.25) is 0 Å². The molecule has 0 saturated carbocycles. The van der Waals surface area contributed by atoms with E-state index in [9.17, 15) is 9.00 Å². The summed E-state index contributed by atoms with van der Waals surface area (Å²) in [5.74, 6) is -0.152. The van der Waals surface area contributed by atoms with Crippen molar-refractivity contribution in [2.75, 3.05) is 6.26 Å². The Morgan fingerprint density at radius 2 is 2.25 bits per heavy atom. The van der Waals surface area contributed by atoms with Crippen molar-refractivity contribution in [2.24, 2.45) is 0 Å². The fourth-order valence-corrected chi connectivity index (χ4v) is 1.63. The van der Waals surface area contributed by atoms with E-state index in [1.807, 2.05) is 0 Å². The zero-order valence-corrected chi connectivity index (χ0v) is 7.72. The Labute approximate surface area is 73.3 Å². The summed E-state index contributed by atoms with van der Waals surface area (Å²) in [6.07, 6.45) is 3.05. The Hall–Kier alpha value is -1.03. The normalized spacial score (nSPS) is 12.5. The topological polar surface area (TPSA) is 47.0 Å². The van der Waals surface area contributed by atoms with Gasteiger partial charge < -0.3 is 0 Å². The average molecular weight is 183 g/mol. The van der Waals surface area contributed by atoms with Gasteiger partial charge in [0.15, 0.2) is 5.78 Å². The van der Waals surface area contributed by atoms with E-state index in [0.717, 1.165) is 0 Å². The summed E-state index contributed by atoms with van der Waals surface area (Å²) in [6, 6.07) is 3.32. The fraction of sp³-hybridized carbons (Fsp3) is 0.250. The molecule has 1 heterocycles. The van der Waals surface area contributed by atoms with Crippen LogP contribution in [0, 0.1) is 0 Å². The summed E-state index contributed by atoms with van der Waals surface area (Å²) in [5.41, 5.74) is 0.304. The monoisotopic (exact) mass is 183 g/mol. The molecule has 0 saturated heterocycles. The number of Topliss-reactive ketones (excluding diaryl/α,β-unsaturated/α-hetero) is 1. The summed E-state index contributed by atoms with van der Waals surface area (Å²) >= 11 is 0. The van der Waals surface area contributed by atoms with Crippen LogP contribution in [0.2, 0.25) is 0 Å². The lowest BCUT2D eigenvalue weighted by Crippen LogP contribution is -2.03. The largest absolute Gasteiger partial charge is 0.293 e. The number of nitrogens with zero attached hydrogens (tertiary/aromatic N) is 1. The van der Waals surface area contributed by atoms with Crippen molar-refractivity contribution in [1.29, 1.82) is 0 Å². The van der Waals surface area contributed by atoms with Crippen LogP contribution >= 0.6 is 0 Å². The lowest BCUT2D eigenvalue weighted by atomic mass is 10.3. The number of pyridine rings is 1. The van der Waals surface area contributed by atoms with Crippen molar-refractivity contribution >= 4 is 16.6 Å².